The first-order chi connectivity index (χ1) is 6.93. The molecule has 0 spiro atoms. The van der Waals surface area contributed by atoms with Gasteiger partial charge in [-0.15, -0.1) is 0 Å². The van der Waals surface area contributed by atoms with Crippen molar-refractivity contribution in [2.24, 2.45) is 0 Å². The summed E-state index contributed by atoms with van der Waals surface area (Å²) in [7, 11) is -4.92. The van der Waals surface area contributed by atoms with Crippen LogP contribution in [-0.4, -0.2) is 35.8 Å². The molecule has 0 amide bonds. The highest BCUT2D eigenvalue weighted by Crippen LogP contribution is 1.95. The first-order valence-electron chi connectivity index (χ1n) is 4.11. The molecule has 0 aliphatic heterocycles. The summed E-state index contributed by atoms with van der Waals surface area (Å²) < 4.78 is 32.8. The van der Waals surface area contributed by atoms with Gasteiger partial charge in [0.15, 0.2) is 0 Å². The van der Waals surface area contributed by atoms with E-state index in [-0.39, 0.29) is 6.61 Å². The minimum absolute atomic E-state index is 0.231. The van der Waals surface area contributed by atoms with Crippen molar-refractivity contribution in [2.75, 3.05) is 13.2 Å². The minimum atomic E-state index is -4.92. The van der Waals surface area contributed by atoms with Crippen LogP contribution in [0.3, 0.4) is 0 Å². The van der Waals surface area contributed by atoms with Gasteiger partial charge < -0.3 is 15.0 Å². The molecule has 0 unspecified atom stereocenters. The van der Waals surface area contributed by atoms with Crippen molar-refractivity contribution in [1.29, 1.82) is 0 Å². The maximum atomic E-state index is 8.63. The lowest BCUT2D eigenvalue weighted by atomic mass is 10.3. The number of rotatable bonds is 3. The second-order valence-electron chi connectivity index (χ2n) is 2.55. The Balaban J connectivity index is 0.000000336. The molecule has 0 bridgehead atoms. The molecule has 1 aromatic rings. The molecule has 0 radical (unpaired) electrons. The normalized spacial score (nSPS) is 10.3. The van der Waals surface area contributed by atoms with E-state index in [1.807, 2.05) is 35.6 Å². The number of aliphatic hydroxyl groups excluding tert-OH is 1. The average molecular weight is 235 g/mol. The van der Waals surface area contributed by atoms with Crippen molar-refractivity contribution < 1.29 is 27.9 Å². The molecule has 0 saturated heterocycles. The third kappa shape index (κ3) is 13.0. The maximum Gasteiger partial charge on any atom is 0.215 e. The van der Waals surface area contributed by atoms with Gasteiger partial charge in [-0.3, -0.25) is 4.55 Å². The van der Waals surface area contributed by atoms with Crippen LogP contribution < -0.4 is 5.32 Å². The van der Waals surface area contributed by atoms with E-state index in [2.05, 4.69) is 0 Å². The van der Waals surface area contributed by atoms with Crippen LogP contribution in [0.4, 0.5) is 5.69 Å². The van der Waals surface area contributed by atoms with Crippen molar-refractivity contribution in [2.45, 2.75) is 0 Å². The summed E-state index contributed by atoms with van der Waals surface area (Å²) in [5.74, 6) is 0. The molecule has 0 saturated carbocycles. The maximum absolute atomic E-state index is 8.63. The molecule has 86 valence electrons. The quantitative estimate of drug-likeness (QED) is 0.349. The third-order valence-electron chi connectivity index (χ3n) is 1.31. The zero-order valence-corrected chi connectivity index (χ0v) is 8.72. The number of benzene rings is 1. The summed E-state index contributed by atoms with van der Waals surface area (Å²) in [6.07, 6.45) is 0. The monoisotopic (exact) mass is 235 g/mol. The van der Waals surface area contributed by atoms with Crippen molar-refractivity contribution in [3.05, 3.63) is 30.3 Å². The van der Waals surface area contributed by atoms with Crippen LogP contribution in [0.2, 0.25) is 0 Å². The van der Waals surface area contributed by atoms with Gasteiger partial charge in [0, 0.05) is 0 Å². The molecule has 4 N–H and O–H groups in total. The fourth-order valence-corrected chi connectivity index (χ4v) is 0.820. The molecule has 6 nitrogen and oxygen atoms in total. The highest BCUT2D eigenvalue weighted by Gasteiger charge is 1.90. The number of quaternary nitrogens is 1. The lowest BCUT2D eigenvalue weighted by Gasteiger charge is -1.95. The number of para-hydroxylation sites is 1. The smallest absolute Gasteiger partial charge is 0.215 e. The lowest BCUT2D eigenvalue weighted by molar-refractivity contribution is -0.573. The van der Waals surface area contributed by atoms with E-state index in [4.69, 9.17) is 22.6 Å². The van der Waals surface area contributed by atoms with Crippen LogP contribution in [0, 0.1) is 0 Å². The summed E-state index contributed by atoms with van der Waals surface area (Å²) in [4.78, 5) is 0. The van der Waals surface area contributed by atoms with Crippen LogP contribution in [0.25, 0.3) is 0 Å². The molecule has 7 heteroatoms. The van der Waals surface area contributed by atoms with Crippen LogP contribution in [-0.2, 0) is 10.4 Å². The Morgan fingerprint density at radius 2 is 1.73 bits per heavy atom. The van der Waals surface area contributed by atoms with E-state index in [0.717, 1.165) is 6.54 Å². The van der Waals surface area contributed by atoms with Gasteiger partial charge in [-0.05, 0) is 12.1 Å². The van der Waals surface area contributed by atoms with E-state index in [1.54, 1.807) is 0 Å². The number of nitrogens with two attached hydrogens (primary N) is 1. The molecule has 0 aliphatic carbocycles. The summed E-state index contributed by atoms with van der Waals surface area (Å²) in [6.45, 7) is 0.971. The summed E-state index contributed by atoms with van der Waals surface area (Å²) in [5, 5.41) is 10.5. The van der Waals surface area contributed by atoms with Gasteiger partial charge in [-0.25, -0.2) is 8.42 Å². The first-order valence-corrected chi connectivity index (χ1v) is 5.47. The SMILES string of the molecule is O=S(=O)([O-])O.OCC[NH2+]c1ccccc1. The van der Waals surface area contributed by atoms with Crippen molar-refractivity contribution in [3.63, 3.8) is 0 Å². The van der Waals surface area contributed by atoms with E-state index in [1.165, 1.54) is 5.69 Å². The average Bonchev–Trinajstić information content (AvgIpc) is 2.14. The number of aliphatic hydroxyl groups is 1. The summed E-state index contributed by atoms with van der Waals surface area (Å²) in [5.41, 5.74) is 1.18. The van der Waals surface area contributed by atoms with Crippen molar-refractivity contribution in [3.8, 4) is 0 Å². The largest absolute Gasteiger partial charge is 0.726 e. The van der Waals surface area contributed by atoms with Crippen molar-refractivity contribution >= 4 is 16.1 Å². The van der Waals surface area contributed by atoms with Crippen LogP contribution >= 0.6 is 0 Å². The molecule has 0 aliphatic rings. The molecule has 15 heavy (non-hydrogen) atoms. The van der Waals surface area contributed by atoms with E-state index >= 15 is 0 Å². The fourth-order valence-electron chi connectivity index (χ4n) is 0.820. The van der Waals surface area contributed by atoms with Gasteiger partial charge in [0.2, 0.25) is 10.4 Å². The van der Waals surface area contributed by atoms with Gasteiger partial charge in [-0.1, -0.05) is 18.2 Å². The van der Waals surface area contributed by atoms with Gasteiger partial charge in [0.1, 0.15) is 12.2 Å². The van der Waals surface area contributed by atoms with Gasteiger partial charge in [0.25, 0.3) is 0 Å². The lowest BCUT2D eigenvalue weighted by Crippen LogP contribution is -2.78. The Kier molecular flexibility index (Phi) is 6.84. The number of hydrogen-bond donors (Lipinski definition) is 3. The van der Waals surface area contributed by atoms with Gasteiger partial charge in [-0.2, -0.15) is 0 Å². The second-order valence-corrected chi connectivity index (χ2v) is 3.41. The molecule has 0 heterocycles. The standard InChI is InChI=1S/C8H11NO.H2O4S/c10-7-6-9-8-4-2-1-3-5-8;1-5(2,3)4/h1-5,9-10H,6-7H2;(H2,1,2,3,4). The summed E-state index contributed by atoms with van der Waals surface area (Å²) in [6, 6.07) is 10.0. The molecule has 0 fully saturated rings. The Labute approximate surface area is 88.1 Å². The van der Waals surface area contributed by atoms with Gasteiger partial charge >= 0.3 is 0 Å². The molecule has 0 atom stereocenters. The topological polar surface area (TPSA) is 114 Å². The molecular weight excluding hydrogens is 222 g/mol. The van der Waals surface area contributed by atoms with Crippen LogP contribution in [0.5, 0.6) is 0 Å². The minimum Gasteiger partial charge on any atom is -0.726 e. The van der Waals surface area contributed by atoms with Crippen LogP contribution in [0.1, 0.15) is 0 Å². The number of hydrogen-bond acceptors (Lipinski definition) is 4. The van der Waals surface area contributed by atoms with Crippen LogP contribution in [0.15, 0.2) is 30.3 Å². The van der Waals surface area contributed by atoms with Gasteiger partial charge in [0.05, 0.1) is 6.61 Å². The second kappa shape index (κ2) is 7.32. The highest BCUT2D eigenvalue weighted by molar-refractivity contribution is 7.79. The third-order valence-corrected chi connectivity index (χ3v) is 1.31. The van der Waals surface area contributed by atoms with Crippen molar-refractivity contribution in [1.82, 2.24) is 0 Å². The summed E-state index contributed by atoms with van der Waals surface area (Å²) >= 11 is 0. The fraction of sp³-hybridized carbons (Fsp3) is 0.250. The molecule has 1 rings (SSSR count). The first kappa shape index (κ1) is 14.0. The van der Waals surface area contributed by atoms with E-state index in [9.17, 15) is 0 Å². The Hall–Kier alpha value is -0.990. The zero-order valence-electron chi connectivity index (χ0n) is 7.91. The highest BCUT2D eigenvalue weighted by atomic mass is 32.3. The molecule has 0 aromatic heterocycles. The molecule has 1 aromatic carbocycles. The van der Waals surface area contributed by atoms with E-state index < -0.39 is 10.4 Å². The predicted molar refractivity (Wildman–Crippen MR) is 52.3 cm³/mol. The Bertz CT molecular complexity index is 343. The predicted octanol–water partition coefficient (Wildman–Crippen LogP) is -1.12. The molecular formula is C8H13NO5S. The Morgan fingerprint density at radius 1 is 1.27 bits per heavy atom. The van der Waals surface area contributed by atoms with E-state index in [0.29, 0.717) is 0 Å². The Morgan fingerprint density at radius 3 is 2.13 bits per heavy atom. The zero-order chi connectivity index (χ0) is 11.7.